The topological polar surface area (TPSA) is 78.0 Å². The van der Waals surface area contributed by atoms with E-state index in [4.69, 9.17) is 0 Å². The third-order valence-electron chi connectivity index (χ3n) is 3.22. The van der Waals surface area contributed by atoms with E-state index in [0.717, 1.165) is 25.0 Å². The van der Waals surface area contributed by atoms with Crippen LogP contribution in [-0.4, -0.2) is 33.4 Å². The van der Waals surface area contributed by atoms with Gasteiger partial charge in [0.25, 0.3) is 5.91 Å². The van der Waals surface area contributed by atoms with E-state index in [2.05, 4.69) is 15.5 Å². The second kappa shape index (κ2) is 3.90. The highest BCUT2D eigenvalue weighted by Gasteiger charge is 2.34. The van der Waals surface area contributed by atoms with Gasteiger partial charge in [0.1, 0.15) is 0 Å². The summed E-state index contributed by atoms with van der Waals surface area (Å²) < 4.78 is 0. The van der Waals surface area contributed by atoms with Gasteiger partial charge in [-0.05, 0) is 33.1 Å². The summed E-state index contributed by atoms with van der Waals surface area (Å²) in [7, 11) is 0. The minimum atomic E-state index is -0.679. The van der Waals surface area contributed by atoms with Crippen molar-refractivity contribution in [1.29, 1.82) is 0 Å². The van der Waals surface area contributed by atoms with Crippen LogP contribution in [0.1, 0.15) is 41.0 Å². The minimum Gasteiger partial charge on any atom is -0.388 e. The number of hydrogen-bond donors (Lipinski definition) is 3. The van der Waals surface area contributed by atoms with Crippen molar-refractivity contribution in [3.8, 4) is 0 Å². The maximum Gasteiger partial charge on any atom is 0.255 e. The molecule has 16 heavy (non-hydrogen) atoms. The second-order valence-electron chi connectivity index (χ2n) is 4.57. The molecule has 0 unspecified atom stereocenters. The van der Waals surface area contributed by atoms with Gasteiger partial charge in [-0.25, -0.2) is 0 Å². The molecule has 2 rings (SSSR count). The quantitative estimate of drug-likeness (QED) is 0.704. The zero-order valence-electron chi connectivity index (χ0n) is 9.63. The number of aryl methyl sites for hydroxylation is 2. The molecule has 88 valence electrons. The molecule has 1 aliphatic rings. The Labute approximate surface area is 94.2 Å². The Bertz CT molecular complexity index is 388. The molecule has 0 aliphatic heterocycles. The molecule has 3 N–H and O–H groups in total. The summed E-state index contributed by atoms with van der Waals surface area (Å²) in [6, 6.07) is 0. The number of hydrogen-bond acceptors (Lipinski definition) is 3. The lowest BCUT2D eigenvalue weighted by Crippen LogP contribution is -2.47. The molecular weight excluding hydrogens is 206 g/mol. The third kappa shape index (κ3) is 1.95. The molecule has 1 aromatic heterocycles. The van der Waals surface area contributed by atoms with Crippen LogP contribution in [0.2, 0.25) is 0 Å². The first-order valence-corrected chi connectivity index (χ1v) is 5.54. The van der Waals surface area contributed by atoms with Crippen molar-refractivity contribution in [2.24, 2.45) is 0 Å². The maximum atomic E-state index is 11.9. The van der Waals surface area contributed by atoms with E-state index < -0.39 is 5.60 Å². The Morgan fingerprint density at radius 2 is 2.25 bits per heavy atom. The first-order valence-electron chi connectivity index (χ1n) is 5.54. The summed E-state index contributed by atoms with van der Waals surface area (Å²) >= 11 is 0. The van der Waals surface area contributed by atoms with Crippen LogP contribution in [0.5, 0.6) is 0 Å². The number of carbonyl (C=O) groups excluding carboxylic acids is 1. The number of nitrogens with one attached hydrogen (secondary N) is 2. The molecule has 1 aromatic rings. The number of amides is 1. The molecule has 0 spiro atoms. The predicted molar refractivity (Wildman–Crippen MR) is 59.2 cm³/mol. The Morgan fingerprint density at radius 3 is 2.69 bits per heavy atom. The molecule has 5 nitrogen and oxygen atoms in total. The van der Waals surface area contributed by atoms with Gasteiger partial charge < -0.3 is 10.4 Å². The van der Waals surface area contributed by atoms with E-state index in [9.17, 15) is 9.90 Å². The Morgan fingerprint density at radius 1 is 1.56 bits per heavy atom. The summed E-state index contributed by atoms with van der Waals surface area (Å²) in [6.07, 6.45) is 2.59. The maximum absolute atomic E-state index is 11.9. The van der Waals surface area contributed by atoms with Crippen molar-refractivity contribution >= 4 is 5.91 Å². The van der Waals surface area contributed by atoms with E-state index >= 15 is 0 Å². The normalized spacial score (nSPS) is 17.9. The van der Waals surface area contributed by atoms with Crippen LogP contribution in [0.3, 0.4) is 0 Å². The standard InChI is InChI=1S/C11H17N3O2/c1-7-9(8(2)14-13-7)10(15)12-6-11(16)4-3-5-11/h16H,3-6H2,1-2H3,(H,12,15)(H,13,14). The van der Waals surface area contributed by atoms with E-state index in [1.165, 1.54) is 0 Å². The fourth-order valence-corrected chi connectivity index (χ4v) is 1.98. The molecule has 1 saturated carbocycles. The summed E-state index contributed by atoms with van der Waals surface area (Å²) in [5.74, 6) is -0.163. The molecule has 0 aromatic carbocycles. The van der Waals surface area contributed by atoms with Crippen molar-refractivity contribution in [2.45, 2.75) is 38.7 Å². The molecule has 5 heteroatoms. The van der Waals surface area contributed by atoms with Gasteiger partial charge in [-0.3, -0.25) is 9.89 Å². The molecule has 0 atom stereocenters. The van der Waals surface area contributed by atoms with Crippen LogP contribution < -0.4 is 5.32 Å². The fraction of sp³-hybridized carbons (Fsp3) is 0.636. The van der Waals surface area contributed by atoms with Gasteiger partial charge in [0.05, 0.1) is 16.9 Å². The average molecular weight is 223 g/mol. The molecule has 0 saturated heterocycles. The van der Waals surface area contributed by atoms with Gasteiger partial charge in [0.15, 0.2) is 0 Å². The lowest BCUT2D eigenvalue weighted by atomic mass is 9.80. The zero-order valence-corrected chi connectivity index (χ0v) is 9.63. The van der Waals surface area contributed by atoms with E-state index in [1.807, 2.05) is 6.92 Å². The van der Waals surface area contributed by atoms with Crippen molar-refractivity contribution in [1.82, 2.24) is 15.5 Å². The van der Waals surface area contributed by atoms with Crippen LogP contribution in [0.4, 0.5) is 0 Å². The Kier molecular flexibility index (Phi) is 2.71. The van der Waals surface area contributed by atoms with E-state index in [-0.39, 0.29) is 5.91 Å². The lowest BCUT2D eigenvalue weighted by molar-refractivity contribution is -0.0300. The highest BCUT2D eigenvalue weighted by molar-refractivity contribution is 5.96. The summed E-state index contributed by atoms with van der Waals surface area (Å²) in [4.78, 5) is 11.9. The Hall–Kier alpha value is -1.36. The first-order chi connectivity index (χ1) is 7.52. The number of aromatic nitrogens is 2. The van der Waals surface area contributed by atoms with Gasteiger partial charge in [-0.2, -0.15) is 5.10 Å². The van der Waals surface area contributed by atoms with Gasteiger partial charge in [-0.15, -0.1) is 0 Å². The molecule has 0 bridgehead atoms. The molecular formula is C11H17N3O2. The van der Waals surface area contributed by atoms with Crippen molar-refractivity contribution in [3.63, 3.8) is 0 Å². The summed E-state index contributed by atoms with van der Waals surface area (Å²) in [5.41, 5.74) is 1.36. The number of carbonyl (C=O) groups is 1. The van der Waals surface area contributed by atoms with Crippen LogP contribution in [0.15, 0.2) is 0 Å². The molecule has 1 amide bonds. The van der Waals surface area contributed by atoms with Gasteiger partial charge in [0.2, 0.25) is 0 Å². The second-order valence-corrected chi connectivity index (χ2v) is 4.57. The van der Waals surface area contributed by atoms with Gasteiger partial charge in [-0.1, -0.05) is 0 Å². The number of nitrogens with zero attached hydrogens (tertiary/aromatic N) is 1. The third-order valence-corrected chi connectivity index (χ3v) is 3.22. The predicted octanol–water partition coefficient (Wildman–Crippen LogP) is 0.671. The van der Waals surface area contributed by atoms with Crippen molar-refractivity contribution < 1.29 is 9.90 Å². The van der Waals surface area contributed by atoms with Crippen LogP contribution >= 0.6 is 0 Å². The molecule has 0 radical (unpaired) electrons. The van der Waals surface area contributed by atoms with E-state index in [0.29, 0.717) is 17.8 Å². The SMILES string of the molecule is Cc1n[nH]c(C)c1C(=O)NCC1(O)CCC1. The Balaban J connectivity index is 1.98. The number of rotatable bonds is 3. The molecule has 1 fully saturated rings. The monoisotopic (exact) mass is 223 g/mol. The van der Waals surface area contributed by atoms with Crippen LogP contribution in [0.25, 0.3) is 0 Å². The smallest absolute Gasteiger partial charge is 0.255 e. The lowest BCUT2D eigenvalue weighted by Gasteiger charge is -2.36. The average Bonchev–Trinajstić information content (AvgIpc) is 2.52. The summed E-state index contributed by atoms with van der Waals surface area (Å²) in [5, 5.41) is 19.4. The number of aliphatic hydroxyl groups is 1. The largest absolute Gasteiger partial charge is 0.388 e. The van der Waals surface area contributed by atoms with Crippen molar-refractivity contribution in [3.05, 3.63) is 17.0 Å². The first kappa shape index (κ1) is 11.1. The van der Waals surface area contributed by atoms with E-state index in [1.54, 1.807) is 6.92 Å². The van der Waals surface area contributed by atoms with Gasteiger partial charge in [0, 0.05) is 12.2 Å². The highest BCUT2D eigenvalue weighted by Crippen LogP contribution is 2.30. The van der Waals surface area contributed by atoms with Crippen molar-refractivity contribution in [2.75, 3.05) is 6.54 Å². The van der Waals surface area contributed by atoms with Gasteiger partial charge >= 0.3 is 0 Å². The molecule has 1 aliphatic carbocycles. The highest BCUT2D eigenvalue weighted by atomic mass is 16.3. The van der Waals surface area contributed by atoms with Crippen LogP contribution in [0, 0.1) is 13.8 Å². The molecule has 1 heterocycles. The fourth-order valence-electron chi connectivity index (χ4n) is 1.98. The summed E-state index contributed by atoms with van der Waals surface area (Å²) in [6.45, 7) is 3.93. The van der Waals surface area contributed by atoms with Crippen LogP contribution in [-0.2, 0) is 0 Å². The minimum absolute atomic E-state index is 0.163. The number of aromatic amines is 1. The number of H-pyrrole nitrogens is 1. The zero-order chi connectivity index (χ0) is 11.8.